The summed E-state index contributed by atoms with van der Waals surface area (Å²) in [6.07, 6.45) is 8.16. The summed E-state index contributed by atoms with van der Waals surface area (Å²) in [5, 5.41) is 1.05. The van der Waals surface area contributed by atoms with Crippen LogP contribution in [-0.4, -0.2) is 32.4 Å². The lowest BCUT2D eigenvalue weighted by atomic mass is 9.83. The molecule has 0 bridgehead atoms. The second kappa shape index (κ2) is 11.6. The maximum atomic E-state index is 7.00. The predicted molar refractivity (Wildman–Crippen MR) is 155 cm³/mol. The van der Waals surface area contributed by atoms with E-state index in [0.29, 0.717) is 17.9 Å². The van der Waals surface area contributed by atoms with E-state index in [4.69, 9.17) is 25.5 Å². The molecular formula is C31H51ClO3Si. The van der Waals surface area contributed by atoms with E-state index in [1.165, 1.54) is 36.0 Å². The summed E-state index contributed by atoms with van der Waals surface area (Å²) in [5.74, 6) is 0.0674. The summed E-state index contributed by atoms with van der Waals surface area (Å²) in [6.45, 7) is 24.8. The molecule has 3 rings (SSSR count). The van der Waals surface area contributed by atoms with Crippen molar-refractivity contribution in [2.45, 2.75) is 136 Å². The monoisotopic (exact) mass is 534 g/mol. The highest BCUT2D eigenvalue weighted by atomic mass is 35.5. The molecule has 1 saturated carbocycles. The highest BCUT2D eigenvalue weighted by molar-refractivity contribution is 6.74. The number of aryl methyl sites for hydroxylation is 1. The van der Waals surface area contributed by atoms with Gasteiger partial charge >= 0.3 is 0 Å². The van der Waals surface area contributed by atoms with Crippen LogP contribution in [0.5, 0.6) is 0 Å². The van der Waals surface area contributed by atoms with Crippen LogP contribution in [0.2, 0.25) is 23.2 Å². The highest BCUT2D eigenvalue weighted by Crippen LogP contribution is 2.50. The molecule has 1 saturated heterocycles. The Morgan fingerprint density at radius 3 is 2.47 bits per heavy atom. The van der Waals surface area contributed by atoms with E-state index in [0.717, 1.165) is 30.7 Å². The Balaban J connectivity index is 1.82. The Bertz CT molecular complexity index is 904. The maximum absolute atomic E-state index is 7.00. The van der Waals surface area contributed by atoms with Crippen molar-refractivity contribution in [3.05, 3.63) is 46.5 Å². The number of hydrogen-bond donors (Lipinski definition) is 0. The lowest BCUT2D eigenvalue weighted by Gasteiger charge is -2.40. The number of rotatable bonds is 11. The summed E-state index contributed by atoms with van der Waals surface area (Å²) in [6, 6.07) is 6.32. The summed E-state index contributed by atoms with van der Waals surface area (Å²) in [7, 11) is -1.85. The number of hydrogen-bond acceptors (Lipinski definition) is 3. The van der Waals surface area contributed by atoms with Gasteiger partial charge in [0.1, 0.15) is 6.10 Å². The molecule has 0 spiro atoms. The van der Waals surface area contributed by atoms with Gasteiger partial charge in [0.25, 0.3) is 0 Å². The van der Waals surface area contributed by atoms with Crippen molar-refractivity contribution in [1.29, 1.82) is 0 Å². The first kappa shape index (κ1) is 29.9. The fraction of sp³-hybridized carbons (Fsp3) is 0.742. The molecular weight excluding hydrogens is 484 g/mol. The summed E-state index contributed by atoms with van der Waals surface area (Å²) in [4.78, 5) is 0. The quantitative estimate of drug-likeness (QED) is 0.161. The Morgan fingerprint density at radius 2 is 1.83 bits per heavy atom. The standard InChI is InChI=1S/C31H51ClO3Si/c1-11-12-13-14-24(35-36(9,10)30(4,5)6)16-17-25-26(20-23-19-21(2)15-18-27(23)32)22(3)28-29(25)34-31(7,8)33-28/h15,18-19,24-26,28-29H,3,11-14,16-17,20H2,1-2,4-10H3/t24-,25+,26-,28+,29-/m0/s1. The molecule has 1 aliphatic carbocycles. The second-order valence-corrected chi connectivity index (χ2v) is 18.4. The molecule has 0 unspecified atom stereocenters. The van der Waals surface area contributed by atoms with Gasteiger partial charge in [-0.25, -0.2) is 0 Å². The third-order valence-electron chi connectivity index (χ3n) is 8.77. The number of unbranched alkanes of at least 4 members (excludes halogenated alkanes) is 2. The van der Waals surface area contributed by atoms with E-state index >= 15 is 0 Å². The van der Waals surface area contributed by atoms with E-state index in [1.807, 2.05) is 19.9 Å². The Morgan fingerprint density at radius 1 is 1.14 bits per heavy atom. The molecule has 5 heteroatoms. The van der Waals surface area contributed by atoms with Gasteiger partial charge in [-0.2, -0.15) is 0 Å². The zero-order valence-electron chi connectivity index (χ0n) is 24.4. The van der Waals surface area contributed by atoms with Gasteiger partial charge in [0.2, 0.25) is 0 Å². The minimum absolute atomic E-state index is 0.0431. The van der Waals surface area contributed by atoms with Crippen LogP contribution in [0.3, 0.4) is 0 Å². The van der Waals surface area contributed by atoms with Crippen molar-refractivity contribution in [1.82, 2.24) is 0 Å². The van der Waals surface area contributed by atoms with E-state index in [9.17, 15) is 0 Å². The van der Waals surface area contributed by atoms with Crippen LogP contribution in [0.1, 0.15) is 91.2 Å². The zero-order valence-corrected chi connectivity index (χ0v) is 26.1. The van der Waals surface area contributed by atoms with Gasteiger partial charge in [-0.15, -0.1) is 0 Å². The molecule has 0 N–H and O–H groups in total. The lowest BCUT2D eigenvalue weighted by Crippen LogP contribution is -2.44. The molecule has 3 nitrogen and oxygen atoms in total. The van der Waals surface area contributed by atoms with Crippen molar-refractivity contribution in [3.8, 4) is 0 Å². The third kappa shape index (κ3) is 7.05. The molecule has 1 heterocycles. The first-order valence-corrected chi connectivity index (χ1v) is 17.4. The van der Waals surface area contributed by atoms with Gasteiger partial charge in [0.05, 0.1) is 6.10 Å². The van der Waals surface area contributed by atoms with E-state index in [-0.39, 0.29) is 17.2 Å². The average molecular weight is 535 g/mol. The second-order valence-electron chi connectivity index (χ2n) is 13.2. The maximum Gasteiger partial charge on any atom is 0.192 e. The van der Waals surface area contributed by atoms with Crippen LogP contribution in [0.15, 0.2) is 30.4 Å². The van der Waals surface area contributed by atoms with E-state index in [1.54, 1.807) is 0 Å². The van der Waals surface area contributed by atoms with Crippen molar-refractivity contribution >= 4 is 19.9 Å². The normalized spacial score (nSPS) is 26.9. The molecule has 5 atom stereocenters. The Hall–Kier alpha value is -0.653. The van der Waals surface area contributed by atoms with Gasteiger partial charge in [-0.05, 0) is 93.6 Å². The van der Waals surface area contributed by atoms with Gasteiger partial charge in [-0.3, -0.25) is 0 Å². The van der Waals surface area contributed by atoms with Crippen LogP contribution in [0.4, 0.5) is 0 Å². The number of benzene rings is 1. The lowest BCUT2D eigenvalue weighted by molar-refractivity contribution is -0.155. The predicted octanol–water partition coefficient (Wildman–Crippen LogP) is 9.26. The molecule has 2 fully saturated rings. The van der Waals surface area contributed by atoms with Gasteiger partial charge < -0.3 is 13.9 Å². The largest absolute Gasteiger partial charge is 0.414 e. The summed E-state index contributed by atoms with van der Waals surface area (Å²) in [5.41, 5.74) is 3.60. The van der Waals surface area contributed by atoms with Crippen LogP contribution in [-0.2, 0) is 20.3 Å². The summed E-state index contributed by atoms with van der Waals surface area (Å²) >= 11 is 6.64. The molecule has 1 aliphatic heterocycles. The summed E-state index contributed by atoms with van der Waals surface area (Å²) < 4.78 is 19.9. The first-order valence-electron chi connectivity index (χ1n) is 14.1. The molecule has 0 amide bonds. The van der Waals surface area contributed by atoms with E-state index < -0.39 is 14.1 Å². The van der Waals surface area contributed by atoms with Crippen LogP contribution < -0.4 is 0 Å². The topological polar surface area (TPSA) is 27.7 Å². The van der Waals surface area contributed by atoms with Gasteiger partial charge in [0, 0.05) is 11.1 Å². The molecule has 204 valence electrons. The highest BCUT2D eigenvalue weighted by Gasteiger charge is 2.55. The average Bonchev–Trinajstić information content (AvgIpc) is 3.19. The fourth-order valence-electron chi connectivity index (χ4n) is 5.70. The molecule has 1 aromatic rings. The molecule has 2 aliphatic rings. The van der Waals surface area contributed by atoms with Gasteiger partial charge in [-0.1, -0.05) is 82.8 Å². The number of halogens is 1. The molecule has 1 aromatic carbocycles. The Labute approximate surface area is 227 Å². The zero-order chi connectivity index (χ0) is 26.9. The SMILES string of the molecule is C=C1[C@H]2OC(C)(C)O[C@H]2[C@H](CC[C@H](CCCCC)O[Si](C)(C)C(C)(C)C)[C@H]1Cc1cc(C)ccc1Cl. The number of ether oxygens (including phenoxy) is 2. The van der Waals surface area contributed by atoms with Crippen molar-refractivity contribution in [2.24, 2.45) is 11.8 Å². The number of fused-ring (bicyclic) bond motifs is 1. The smallest absolute Gasteiger partial charge is 0.192 e. The minimum Gasteiger partial charge on any atom is -0.414 e. The van der Waals surface area contributed by atoms with E-state index in [2.05, 4.69) is 66.4 Å². The first-order chi connectivity index (χ1) is 16.6. The third-order valence-corrected chi connectivity index (χ3v) is 13.7. The Kier molecular flexibility index (Phi) is 9.64. The van der Waals surface area contributed by atoms with Crippen molar-refractivity contribution in [3.63, 3.8) is 0 Å². The minimum atomic E-state index is -1.85. The van der Waals surface area contributed by atoms with Crippen LogP contribution in [0.25, 0.3) is 0 Å². The fourth-order valence-corrected chi connectivity index (χ4v) is 7.32. The van der Waals surface area contributed by atoms with Crippen molar-refractivity contribution < 1.29 is 13.9 Å². The molecule has 36 heavy (non-hydrogen) atoms. The molecule has 0 radical (unpaired) electrons. The molecule has 0 aromatic heterocycles. The van der Waals surface area contributed by atoms with Gasteiger partial charge in [0.15, 0.2) is 14.1 Å². The van der Waals surface area contributed by atoms with Crippen LogP contribution in [0, 0.1) is 18.8 Å². The van der Waals surface area contributed by atoms with Crippen LogP contribution >= 0.6 is 11.6 Å². The van der Waals surface area contributed by atoms with Crippen molar-refractivity contribution in [2.75, 3.05) is 0 Å².